The fourth-order valence-corrected chi connectivity index (χ4v) is 2.90. The number of ether oxygens (including phenoxy) is 7. The van der Waals surface area contributed by atoms with Gasteiger partial charge in [0.05, 0.1) is 0 Å². The fraction of sp³-hybridized carbons (Fsp3) is 0.722. The van der Waals surface area contributed by atoms with Crippen molar-refractivity contribution in [3.8, 4) is 0 Å². The maximum atomic E-state index is 11.7. The van der Waals surface area contributed by atoms with E-state index in [1.807, 2.05) is 0 Å². The normalized spacial score (nSPS) is 26.7. The van der Waals surface area contributed by atoms with Gasteiger partial charge in [0.1, 0.15) is 12.7 Å². The van der Waals surface area contributed by atoms with E-state index in [1.54, 1.807) is 0 Å². The van der Waals surface area contributed by atoms with Gasteiger partial charge in [0, 0.05) is 41.7 Å². The van der Waals surface area contributed by atoms with Gasteiger partial charge >= 0.3 is 29.8 Å². The Bertz CT molecular complexity index is 660. The second-order valence-corrected chi connectivity index (χ2v) is 6.38. The molecule has 0 saturated carbocycles. The minimum Gasteiger partial charge on any atom is -0.462 e. The van der Waals surface area contributed by atoms with Crippen LogP contribution < -0.4 is 0 Å². The van der Waals surface area contributed by atoms with Crippen LogP contribution in [-0.2, 0) is 57.1 Å². The van der Waals surface area contributed by atoms with Crippen LogP contribution in [0.1, 0.15) is 34.6 Å². The smallest absolute Gasteiger partial charge is 0.303 e. The summed E-state index contributed by atoms with van der Waals surface area (Å²) in [5.74, 6) is -3.69. The Morgan fingerprint density at radius 3 is 1.67 bits per heavy atom. The monoisotopic (exact) mass is 434 g/mol. The molecule has 0 bridgehead atoms. The first-order valence-corrected chi connectivity index (χ1v) is 8.96. The molecule has 1 saturated heterocycles. The fourth-order valence-electron chi connectivity index (χ4n) is 2.90. The lowest BCUT2D eigenvalue weighted by Crippen LogP contribution is -2.65. The molecule has 1 aliphatic rings. The summed E-state index contributed by atoms with van der Waals surface area (Å²) in [5, 5.41) is 0. The Labute approximate surface area is 173 Å². The molecule has 0 spiro atoms. The number of rotatable bonds is 8. The van der Waals surface area contributed by atoms with E-state index >= 15 is 0 Å². The van der Waals surface area contributed by atoms with Gasteiger partial charge < -0.3 is 33.2 Å². The van der Waals surface area contributed by atoms with Crippen molar-refractivity contribution in [3.05, 3.63) is 0 Å². The summed E-state index contributed by atoms with van der Waals surface area (Å²) in [6.45, 7) is 5.13. The molecule has 12 nitrogen and oxygen atoms in total. The van der Waals surface area contributed by atoms with Crippen molar-refractivity contribution in [2.45, 2.75) is 71.4 Å². The third kappa shape index (κ3) is 7.59. The number of hydrogen-bond donors (Lipinski definition) is 0. The Morgan fingerprint density at radius 1 is 0.733 bits per heavy atom. The predicted molar refractivity (Wildman–Crippen MR) is 94.5 cm³/mol. The Kier molecular flexibility index (Phi) is 9.66. The molecule has 12 heteroatoms. The largest absolute Gasteiger partial charge is 0.462 e. The summed E-state index contributed by atoms with van der Waals surface area (Å²) in [6, 6.07) is 0. The molecule has 0 aromatic rings. The quantitative estimate of drug-likeness (QED) is 0.363. The van der Waals surface area contributed by atoms with E-state index < -0.39 is 73.3 Å². The summed E-state index contributed by atoms with van der Waals surface area (Å²) in [6.07, 6.45) is -7.89. The zero-order valence-corrected chi connectivity index (χ0v) is 17.6. The number of esters is 5. The van der Waals surface area contributed by atoms with Crippen LogP contribution in [0.5, 0.6) is 0 Å². The van der Waals surface area contributed by atoms with Crippen molar-refractivity contribution in [2.75, 3.05) is 13.7 Å². The Balaban J connectivity index is 3.41. The first kappa shape index (κ1) is 25.3. The number of carbonyl (C=O) groups is 5. The molecule has 30 heavy (non-hydrogen) atoms. The molecule has 1 rings (SSSR count). The highest BCUT2D eigenvalue weighted by Crippen LogP contribution is 2.31. The molecule has 170 valence electrons. The van der Waals surface area contributed by atoms with E-state index in [9.17, 15) is 24.0 Å². The van der Waals surface area contributed by atoms with Gasteiger partial charge in [0.25, 0.3) is 0 Å². The Morgan fingerprint density at radius 2 is 1.23 bits per heavy atom. The highest BCUT2D eigenvalue weighted by Gasteiger charge is 2.55. The van der Waals surface area contributed by atoms with Crippen LogP contribution in [0.15, 0.2) is 0 Å². The van der Waals surface area contributed by atoms with Gasteiger partial charge in [-0.15, -0.1) is 0 Å². The topological polar surface area (TPSA) is 150 Å². The third-order valence-electron chi connectivity index (χ3n) is 3.80. The summed E-state index contributed by atoms with van der Waals surface area (Å²) >= 11 is 0. The summed E-state index contributed by atoms with van der Waals surface area (Å²) < 4.78 is 36.7. The van der Waals surface area contributed by atoms with E-state index in [2.05, 4.69) is 0 Å². The van der Waals surface area contributed by atoms with Gasteiger partial charge in [-0.05, 0) is 0 Å². The molecular weight excluding hydrogens is 408 g/mol. The highest BCUT2D eigenvalue weighted by atomic mass is 16.7. The molecule has 1 aliphatic heterocycles. The van der Waals surface area contributed by atoms with Crippen LogP contribution in [0, 0.1) is 0 Å². The summed E-state index contributed by atoms with van der Waals surface area (Å²) in [4.78, 5) is 57.8. The van der Waals surface area contributed by atoms with Crippen molar-refractivity contribution >= 4 is 29.8 Å². The van der Waals surface area contributed by atoms with Gasteiger partial charge in [-0.1, -0.05) is 0 Å². The van der Waals surface area contributed by atoms with Crippen LogP contribution in [0.3, 0.4) is 0 Å². The van der Waals surface area contributed by atoms with Crippen LogP contribution in [0.4, 0.5) is 0 Å². The van der Waals surface area contributed by atoms with Crippen LogP contribution >= 0.6 is 0 Å². The minimum absolute atomic E-state index is 0.446. The van der Waals surface area contributed by atoms with Gasteiger partial charge in [0.15, 0.2) is 30.7 Å². The third-order valence-corrected chi connectivity index (χ3v) is 3.80. The van der Waals surface area contributed by atoms with Crippen LogP contribution in [0.25, 0.3) is 0 Å². The lowest BCUT2D eigenvalue weighted by atomic mass is 9.94. The lowest BCUT2D eigenvalue weighted by molar-refractivity contribution is -0.312. The van der Waals surface area contributed by atoms with Crippen molar-refractivity contribution in [3.63, 3.8) is 0 Å². The standard InChI is InChI=1S/C18H26O12/c1-8(19)25-7-13(26-9(2)20)14-15(27-10(3)21)16(28-11(4)22)17(29-12(5)23)18(24-6)30-14/h13-18H,7H2,1-6H3. The molecule has 1 fully saturated rings. The van der Waals surface area contributed by atoms with Crippen molar-refractivity contribution < 1.29 is 57.1 Å². The predicted octanol–water partition coefficient (Wildman–Crippen LogP) is -0.352. The molecular formula is C18H26O12. The van der Waals surface area contributed by atoms with E-state index in [4.69, 9.17) is 33.2 Å². The zero-order valence-electron chi connectivity index (χ0n) is 17.6. The maximum Gasteiger partial charge on any atom is 0.303 e. The van der Waals surface area contributed by atoms with Crippen LogP contribution in [0.2, 0.25) is 0 Å². The molecule has 0 N–H and O–H groups in total. The number of carbonyl (C=O) groups excluding carboxylic acids is 5. The van der Waals surface area contributed by atoms with E-state index in [1.165, 1.54) is 7.11 Å². The first-order valence-electron chi connectivity index (χ1n) is 8.96. The van der Waals surface area contributed by atoms with Crippen molar-refractivity contribution in [1.82, 2.24) is 0 Å². The molecule has 0 radical (unpaired) electrons. The number of hydrogen-bond acceptors (Lipinski definition) is 12. The number of methoxy groups -OCH3 is 1. The van der Waals surface area contributed by atoms with Gasteiger partial charge in [0.2, 0.25) is 0 Å². The summed E-state index contributed by atoms with van der Waals surface area (Å²) in [7, 11) is 1.24. The lowest BCUT2D eigenvalue weighted by Gasteiger charge is -2.45. The molecule has 0 aromatic carbocycles. The molecule has 6 atom stereocenters. The van der Waals surface area contributed by atoms with E-state index in [0.717, 1.165) is 34.6 Å². The van der Waals surface area contributed by atoms with Crippen LogP contribution in [-0.4, -0.2) is 80.4 Å². The maximum absolute atomic E-state index is 11.7. The van der Waals surface area contributed by atoms with Crippen molar-refractivity contribution in [2.24, 2.45) is 0 Å². The molecule has 0 aliphatic carbocycles. The minimum atomic E-state index is -1.39. The average Bonchev–Trinajstić information content (AvgIpc) is 2.60. The molecule has 0 amide bonds. The molecule has 1 heterocycles. The highest BCUT2D eigenvalue weighted by molar-refractivity contribution is 5.69. The van der Waals surface area contributed by atoms with Gasteiger partial charge in [-0.2, -0.15) is 0 Å². The first-order chi connectivity index (χ1) is 14.0. The van der Waals surface area contributed by atoms with Gasteiger partial charge in [-0.3, -0.25) is 24.0 Å². The van der Waals surface area contributed by atoms with E-state index in [0.29, 0.717) is 0 Å². The second kappa shape index (κ2) is 11.5. The zero-order chi connectivity index (χ0) is 23.0. The Hall–Kier alpha value is -2.73. The van der Waals surface area contributed by atoms with E-state index in [-0.39, 0.29) is 0 Å². The molecule has 6 unspecified atom stereocenters. The molecule has 0 aromatic heterocycles. The van der Waals surface area contributed by atoms with Crippen molar-refractivity contribution in [1.29, 1.82) is 0 Å². The van der Waals surface area contributed by atoms with Gasteiger partial charge in [-0.25, -0.2) is 0 Å². The SMILES string of the molecule is COC1OC(C(COC(C)=O)OC(C)=O)C(OC(C)=O)C(OC(C)=O)C1OC(C)=O. The summed E-state index contributed by atoms with van der Waals surface area (Å²) in [5.41, 5.74) is 0. The second-order valence-electron chi connectivity index (χ2n) is 6.38. The average molecular weight is 434 g/mol.